The first kappa shape index (κ1) is 17.7. The van der Waals surface area contributed by atoms with E-state index in [-0.39, 0.29) is 30.3 Å². The standard InChI is InChI=1S/C19H15BrFN3O3/c1-23-17(26)12-4-2-3-5-15(12)24-16(25)8-9-19(23,24)18(27)22-14-7-6-11(20)10-13(14)21/h2-7,10H,8-9H2,1H3,(H,22,27)/t19-/m1/s1. The Morgan fingerprint density at radius 3 is 2.70 bits per heavy atom. The summed E-state index contributed by atoms with van der Waals surface area (Å²) in [7, 11) is 1.49. The molecule has 8 heteroatoms. The van der Waals surface area contributed by atoms with Crippen LogP contribution in [0.15, 0.2) is 46.9 Å². The van der Waals surface area contributed by atoms with Crippen molar-refractivity contribution in [2.75, 3.05) is 17.3 Å². The molecule has 2 aliphatic heterocycles. The number of hydrogen-bond donors (Lipinski definition) is 1. The summed E-state index contributed by atoms with van der Waals surface area (Å²) in [6.07, 6.45) is 0.245. The zero-order chi connectivity index (χ0) is 19.3. The van der Waals surface area contributed by atoms with Crippen LogP contribution in [0.3, 0.4) is 0 Å². The van der Waals surface area contributed by atoms with Crippen molar-refractivity contribution < 1.29 is 18.8 Å². The monoisotopic (exact) mass is 431 g/mol. The third kappa shape index (κ3) is 2.47. The van der Waals surface area contributed by atoms with Gasteiger partial charge < -0.3 is 10.2 Å². The Bertz CT molecular complexity index is 996. The molecule has 1 atom stereocenters. The fourth-order valence-electron chi connectivity index (χ4n) is 3.74. The third-order valence-corrected chi connectivity index (χ3v) is 5.58. The summed E-state index contributed by atoms with van der Waals surface area (Å²) in [5.41, 5.74) is -0.790. The molecule has 1 saturated heterocycles. The molecule has 1 N–H and O–H groups in total. The molecule has 0 saturated carbocycles. The van der Waals surface area contributed by atoms with Crippen molar-refractivity contribution in [1.82, 2.24) is 4.90 Å². The first-order valence-electron chi connectivity index (χ1n) is 8.33. The van der Waals surface area contributed by atoms with Crippen molar-refractivity contribution >= 4 is 45.0 Å². The number of nitrogens with one attached hydrogen (secondary N) is 1. The molecule has 2 aromatic carbocycles. The molecule has 0 bridgehead atoms. The minimum Gasteiger partial charge on any atom is -0.320 e. The Labute approximate surface area is 163 Å². The highest BCUT2D eigenvalue weighted by Crippen LogP contribution is 2.44. The van der Waals surface area contributed by atoms with Crippen LogP contribution in [0.1, 0.15) is 23.2 Å². The van der Waals surface area contributed by atoms with Crippen LogP contribution in [-0.2, 0) is 9.59 Å². The van der Waals surface area contributed by atoms with Crippen molar-refractivity contribution in [3.63, 3.8) is 0 Å². The maximum Gasteiger partial charge on any atom is 0.271 e. The third-order valence-electron chi connectivity index (χ3n) is 5.08. The molecule has 2 heterocycles. The second-order valence-electron chi connectivity index (χ2n) is 6.51. The largest absolute Gasteiger partial charge is 0.320 e. The first-order valence-corrected chi connectivity index (χ1v) is 9.12. The van der Waals surface area contributed by atoms with Crippen molar-refractivity contribution in [3.8, 4) is 0 Å². The van der Waals surface area contributed by atoms with E-state index in [0.717, 1.165) is 0 Å². The Morgan fingerprint density at radius 2 is 1.96 bits per heavy atom. The van der Waals surface area contributed by atoms with Crippen LogP contribution >= 0.6 is 15.9 Å². The minimum atomic E-state index is -1.53. The highest BCUT2D eigenvalue weighted by atomic mass is 79.9. The Hall–Kier alpha value is -2.74. The lowest BCUT2D eigenvalue weighted by Gasteiger charge is -2.47. The van der Waals surface area contributed by atoms with Crippen LogP contribution < -0.4 is 10.2 Å². The van der Waals surface area contributed by atoms with Gasteiger partial charge in [-0.05, 0) is 30.3 Å². The fraction of sp³-hybridized carbons (Fsp3) is 0.211. The molecule has 0 aliphatic carbocycles. The predicted molar refractivity (Wildman–Crippen MR) is 101 cm³/mol. The zero-order valence-electron chi connectivity index (χ0n) is 14.3. The van der Waals surface area contributed by atoms with Gasteiger partial charge in [-0.2, -0.15) is 0 Å². The van der Waals surface area contributed by atoms with Gasteiger partial charge >= 0.3 is 0 Å². The molecule has 0 spiro atoms. The molecule has 4 rings (SSSR count). The second-order valence-corrected chi connectivity index (χ2v) is 7.42. The van der Waals surface area contributed by atoms with Crippen molar-refractivity contribution in [2.45, 2.75) is 18.5 Å². The Kier molecular flexibility index (Phi) is 4.03. The van der Waals surface area contributed by atoms with Crippen molar-refractivity contribution in [2.24, 2.45) is 0 Å². The summed E-state index contributed by atoms with van der Waals surface area (Å²) in [4.78, 5) is 41.4. The normalized spacial score (nSPS) is 21.1. The molecular weight excluding hydrogens is 417 g/mol. The lowest BCUT2D eigenvalue weighted by Crippen LogP contribution is -2.68. The van der Waals surface area contributed by atoms with Gasteiger partial charge in [0.2, 0.25) is 11.6 Å². The molecule has 3 amide bonds. The average molecular weight is 432 g/mol. The Morgan fingerprint density at radius 1 is 1.22 bits per heavy atom. The van der Waals surface area contributed by atoms with E-state index in [1.807, 2.05) is 0 Å². The summed E-state index contributed by atoms with van der Waals surface area (Å²) in [6.45, 7) is 0. The minimum absolute atomic E-state index is 0.0171. The topological polar surface area (TPSA) is 69.7 Å². The maximum atomic E-state index is 14.2. The highest BCUT2D eigenvalue weighted by Gasteiger charge is 2.59. The smallest absolute Gasteiger partial charge is 0.271 e. The first-order chi connectivity index (χ1) is 12.9. The molecular formula is C19H15BrFN3O3. The van der Waals surface area contributed by atoms with Crippen LogP contribution in [0.5, 0.6) is 0 Å². The number of anilines is 2. The molecule has 0 radical (unpaired) electrons. The average Bonchev–Trinajstić information content (AvgIpc) is 3.01. The van der Waals surface area contributed by atoms with E-state index in [2.05, 4.69) is 21.2 Å². The van der Waals surface area contributed by atoms with Crippen molar-refractivity contribution in [1.29, 1.82) is 0 Å². The number of halogens is 2. The van der Waals surface area contributed by atoms with Crippen LogP contribution in [0.25, 0.3) is 0 Å². The second kappa shape index (κ2) is 6.16. The van der Waals surface area contributed by atoms with Gasteiger partial charge in [-0.15, -0.1) is 0 Å². The van der Waals surface area contributed by atoms with Gasteiger partial charge in [0.05, 0.1) is 16.9 Å². The van der Waals surface area contributed by atoms with E-state index in [4.69, 9.17) is 0 Å². The number of nitrogens with zero attached hydrogens (tertiary/aromatic N) is 2. The number of carbonyl (C=O) groups excluding carboxylic acids is 3. The number of hydrogen-bond acceptors (Lipinski definition) is 3. The summed E-state index contributed by atoms with van der Waals surface area (Å²) in [5.74, 6) is -1.86. The Balaban J connectivity index is 1.81. The SMILES string of the molecule is CN1C(=O)c2ccccc2N2C(=O)CC[C@@]12C(=O)Nc1ccc(Br)cc1F. The quantitative estimate of drug-likeness (QED) is 0.793. The van der Waals surface area contributed by atoms with Crippen molar-refractivity contribution in [3.05, 3.63) is 58.3 Å². The van der Waals surface area contributed by atoms with Gasteiger partial charge in [0, 0.05) is 24.4 Å². The molecule has 6 nitrogen and oxygen atoms in total. The van der Waals surface area contributed by atoms with E-state index in [0.29, 0.717) is 15.7 Å². The van der Waals surface area contributed by atoms with Gasteiger partial charge in [0.1, 0.15) is 5.82 Å². The van der Waals surface area contributed by atoms with Gasteiger partial charge in [0.25, 0.3) is 11.8 Å². The van der Waals surface area contributed by atoms with Crippen LogP contribution in [-0.4, -0.2) is 35.3 Å². The summed E-state index contributed by atoms with van der Waals surface area (Å²) in [6, 6.07) is 10.9. The number of benzene rings is 2. The number of carbonyl (C=O) groups is 3. The highest BCUT2D eigenvalue weighted by molar-refractivity contribution is 9.10. The summed E-state index contributed by atoms with van der Waals surface area (Å²) >= 11 is 3.17. The fourth-order valence-corrected chi connectivity index (χ4v) is 4.07. The molecule has 1 fully saturated rings. The zero-order valence-corrected chi connectivity index (χ0v) is 15.9. The molecule has 0 aromatic heterocycles. The summed E-state index contributed by atoms with van der Waals surface area (Å²) in [5, 5.41) is 2.55. The molecule has 138 valence electrons. The van der Waals surface area contributed by atoms with Gasteiger partial charge in [-0.1, -0.05) is 28.1 Å². The number of para-hydroxylation sites is 1. The molecule has 2 aliphatic rings. The maximum absolute atomic E-state index is 14.2. The van der Waals surface area contributed by atoms with Crippen LogP contribution in [0.4, 0.5) is 15.8 Å². The van der Waals surface area contributed by atoms with Gasteiger partial charge in [0.15, 0.2) is 0 Å². The van der Waals surface area contributed by atoms with E-state index in [9.17, 15) is 18.8 Å². The molecule has 27 heavy (non-hydrogen) atoms. The number of likely N-dealkylation sites (N-methyl/N-ethyl adjacent to an activating group) is 1. The molecule has 0 unspecified atom stereocenters. The summed E-state index contributed by atoms with van der Waals surface area (Å²) < 4.78 is 14.7. The number of fused-ring (bicyclic) bond motifs is 3. The lowest BCUT2D eigenvalue weighted by atomic mass is 9.96. The number of amides is 3. The van der Waals surface area contributed by atoms with Crippen LogP contribution in [0, 0.1) is 5.82 Å². The number of rotatable bonds is 2. The van der Waals surface area contributed by atoms with Gasteiger partial charge in [-0.3, -0.25) is 19.3 Å². The lowest BCUT2D eigenvalue weighted by molar-refractivity contribution is -0.128. The molecule has 2 aromatic rings. The van der Waals surface area contributed by atoms with E-state index in [1.54, 1.807) is 30.3 Å². The van der Waals surface area contributed by atoms with Gasteiger partial charge in [-0.25, -0.2) is 4.39 Å². The van der Waals surface area contributed by atoms with E-state index in [1.165, 1.54) is 29.0 Å². The van der Waals surface area contributed by atoms with Crippen LogP contribution in [0.2, 0.25) is 0 Å². The predicted octanol–water partition coefficient (Wildman–Crippen LogP) is 3.14. The van der Waals surface area contributed by atoms with E-state index < -0.39 is 17.4 Å². The van der Waals surface area contributed by atoms with E-state index >= 15 is 0 Å².